The number of amides is 1. The van der Waals surface area contributed by atoms with E-state index in [4.69, 9.17) is 4.74 Å². The average molecular weight is 373 g/mol. The van der Waals surface area contributed by atoms with Crippen LogP contribution < -0.4 is 10.1 Å². The van der Waals surface area contributed by atoms with Crippen molar-refractivity contribution < 1.29 is 23.8 Å². The van der Waals surface area contributed by atoms with E-state index in [1.807, 2.05) is 25.1 Å². The van der Waals surface area contributed by atoms with E-state index >= 15 is 0 Å². The molecule has 144 valence electrons. The van der Waals surface area contributed by atoms with Gasteiger partial charge in [-0.2, -0.15) is 0 Å². The third-order valence-electron chi connectivity index (χ3n) is 4.53. The van der Waals surface area contributed by atoms with Gasteiger partial charge >= 0.3 is 5.97 Å². The Labute approximate surface area is 158 Å². The van der Waals surface area contributed by atoms with Crippen LogP contribution in [-0.2, 0) is 16.0 Å². The van der Waals surface area contributed by atoms with Crippen molar-refractivity contribution in [3.8, 4) is 5.75 Å². The third-order valence-corrected chi connectivity index (χ3v) is 4.53. The standard InChI is InChI=1S/C21H24FNO4/c1-3-18(14-8-10-17(22)11-9-14)20(24)23-13-16(21(25)26)12-15-6-4-5-7-19(15)27-2/h4-11,16,18H,3,12-13H2,1-2H3,(H,23,24)(H,25,26). The lowest BCUT2D eigenvalue weighted by Crippen LogP contribution is -2.36. The molecular weight excluding hydrogens is 349 g/mol. The molecule has 2 atom stereocenters. The number of halogens is 1. The Morgan fingerprint density at radius 1 is 1.15 bits per heavy atom. The number of hydrogen-bond acceptors (Lipinski definition) is 3. The SMILES string of the molecule is CCC(C(=O)NCC(Cc1ccccc1OC)C(=O)O)c1ccc(F)cc1. The molecule has 5 nitrogen and oxygen atoms in total. The van der Waals surface area contributed by atoms with Crippen molar-refractivity contribution >= 4 is 11.9 Å². The van der Waals surface area contributed by atoms with Crippen LogP contribution in [0.3, 0.4) is 0 Å². The number of hydrogen-bond donors (Lipinski definition) is 2. The number of carbonyl (C=O) groups is 2. The van der Waals surface area contributed by atoms with Crippen molar-refractivity contribution in [2.45, 2.75) is 25.7 Å². The minimum absolute atomic E-state index is 0.00388. The number of carboxylic acid groups (broad SMARTS) is 1. The first-order valence-electron chi connectivity index (χ1n) is 8.84. The second-order valence-electron chi connectivity index (χ2n) is 6.31. The van der Waals surface area contributed by atoms with Crippen LogP contribution in [0.5, 0.6) is 5.75 Å². The summed E-state index contributed by atoms with van der Waals surface area (Å²) in [7, 11) is 1.53. The van der Waals surface area contributed by atoms with Gasteiger partial charge in [-0.1, -0.05) is 37.3 Å². The van der Waals surface area contributed by atoms with Crippen LogP contribution in [0.25, 0.3) is 0 Å². The molecule has 0 radical (unpaired) electrons. The number of rotatable bonds is 9. The van der Waals surface area contributed by atoms with Crippen LogP contribution in [0, 0.1) is 11.7 Å². The van der Waals surface area contributed by atoms with Gasteiger partial charge in [-0.25, -0.2) is 4.39 Å². The maximum absolute atomic E-state index is 13.1. The molecule has 2 rings (SSSR count). The lowest BCUT2D eigenvalue weighted by Gasteiger charge is -2.19. The highest BCUT2D eigenvalue weighted by molar-refractivity contribution is 5.84. The first-order chi connectivity index (χ1) is 13.0. The minimum atomic E-state index is -0.990. The molecule has 2 N–H and O–H groups in total. The predicted molar refractivity (Wildman–Crippen MR) is 100 cm³/mol. The Morgan fingerprint density at radius 2 is 1.81 bits per heavy atom. The van der Waals surface area contributed by atoms with E-state index in [2.05, 4.69) is 5.32 Å². The molecule has 6 heteroatoms. The number of carboxylic acids is 1. The van der Waals surface area contributed by atoms with Crippen molar-refractivity contribution in [2.24, 2.45) is 5.92 Å². The van der Waals surface area contributed by atoms with Crippen LogP contribution in [0.15, 0.2) is 48.5 Å². The number of ether oxygens (including phenoxy) is 1. The summed E-state index contributed by atoms with van der Waals surface area (Å²) in [5.74, 6) is -2.24. The number of para-hydroxylation sites is 1. The second kappa shape index (κ2) is 9.71. The number of benzene rings is 2. The van der Waals surface area contributed by atoms with Gasteiger partial charge in [-0.3, -0.25) is 9.59 Å². The summed E-state index contributed by atoms with van der Waals surface area (Å²) in [6.45, 7) is 1.86. The Balaban J connectivity index is 2.05. The van der Waals surface area contributed by atoms with Gasteiger partial charge in [0.1, 0.15) is 11.6 Å². The quantitative estimate of drug-likeness (QED) is 0.706. The third kappa shape index (κ3) is 5.54. The van der Waals surface area contributed by atoms with Gasteiger partial charge in [0.15, 0.2) is 0 Å². The van der Waals surface area contributed by atoms with Crippen LogP contribution in [0.1, 0.15) is 30.4 Å². The summed E-state index contributed by atoms with van der Waals surface area (Å²) in [6.07, 6.45) is 0.772. The Bertz CT molecular complexity index is 776. The molecule has 0 spiro atoms. The van der Waals surface area contributed by atoms with Crippen LogP contribution in [-0.4, -0.2) is 30.6 Å². The fourth-order valence-corrected chi connectivity index (χ4v) is 3.00. The van der Waals surface area contributed by atoms with Crippen LogP contribution in [0.4, 0.5) is 4.39 Å². The highest BCUT2D eigenvalue weighted by atomic mass is 19.1. The van der Waals surface area contributed by atoms with Crippen molar-refractivity contribution in [1.29, 1.82) is 0 Å². The molecule has 0 aliphatic heterocycles. The van der Waals surface area contributed by atoms with E-state index < -0.39 is 17.8 Å². The summed E-state index contributed by atoms with van der Waals surface area (Å²) in [6, 6.07) is 13.0. The van der Waals surface area contributed by atoms with E-state index in [-0.39, 0.29) is 24.7 Å². The zero-order chi connectivity index (χ0) is 19.8. The fraction of sp³-hybridized carbons (Fsp3) is 0.333. The molecule has 27 heavy (non-hydrogen) atoms. The van der Waals surface area contributed by atoms with Gasteiger partial charge in [0, 0.05) is 6.54 Å². The topological polar surface area (TPSA) is 75.6 Å². The average Bonchev–Trinajstić information content (AvgIpc) is 2.67. The van der Waals surface area contributed by atoms with Gasteiger partial charge in [-0.15, -0.1) is 0 Å². The molecule has 0 aromatic heterocycles. The molecule has 2 aromatic rings. The van der Waals surface area contributed by atoms with Crippen molar-refractivity contribution in [3.05, 3.63) is 65.5 Å². The maximum Gasteiger partial charge on any atom is 0.308 e. The van der Waals surface area contributed by atoms with E-state index in [9.17, 15) is 19.1 Å². The largest absolute Gasteiger partial charge is 0.496 e. The van der Waals surface area contributed by atoms with E-state index in [1.54, 1.807) is 18.2 Å². The number of carbonyl (C=O) groups excluding carboxylic acids is 1. The predicted octanol–water partition coefficient (Wildman–Crippen LogP) is 3.39. The van der Waals surface area contributed by atoms with Gasteiger partial charge in [0.25, 0.3) is 0 Å². The molecular formula is C21H24FNO4. The molecule has 0 fully saturated rings. The molecule has 2 unspecified atom stereocenters. The molecule has 0 aliphatic rings. The van der Waals surface area contributed by atoms with Crippen LogP contribution in [0.2, 0.25) is 0 Å². The summed E-state index contributed by atoms with van der Waals surface area (Å²) in [5, 5.41) is 12.3. The lowest BCUT2D eigenvalue weighted by atomic mass is 9.94. The molecule has 2 aromatic carbocycles. The first kappa shape index (κ1) is 20.4. The summed E-state index contributed by atoms with van der Waals surface area (Å²) >= 11 is 0. The summed E-state index contributed by atoms with van der Waals surface area (Å²) in [4.78, 5) is 24.2. The molecule has 0 bridgehead atoms. The van der Waals surface area contributed by atoms with Crippen molar-refractivity contribution in [2.75, 3.05) is 13.7 Å². The van der Waals surface area contributed by atoms with E-state index in [0.717, 1.165) is 5.56 Å². The van der Waals surface area contributed by atoms with E-state index in [0.29, 0.717) is 17.7 Å². The molecule has 0 aliphatic carbocycles. The second-order valence-corrected chi connectivity index (χ2v) is 6.31. The zero-order valence-electron chi connectivity index (χ0n) is 15.4. The lowest BCUT2D eigenvalue weighted by molar-refractivity contribution is -0.141. The zero-order valence-corrected chi connectivity index (χ0v) is 15.4. The number of methoxy groups -OCH3 is 1. The van der Waals surface area contributed by atoms with Gasteiger partial charge in [0.2, 0.25) is 5.91 Å². The Hall–Kier alpha value is -2.89. The first-order valence-corrected chi connectivity index (χ1v) is 8.84. The number of nitrogens with one attached hydrogen (secondary N) is 1. The maximum atomic E-state index is 13.1. The monoisotopic (exact) mass is 373 g/mol. The highest BCUT2D eigenvalue weighted by Crippen LogP contribution is 2.22. The molecule has 1 amide bonds. The van der Waals surface area contributed by atoms with Gasteiger partial charge in [0.05, 0.1) is 18.9 Å². The van der Waals surface area contributed by atoms with E-state index in [1.165, 1.54) is 19.2 Å². The smallest absolute Gasteiger partial charge is 0.308 e. The molecule has 0 heterocycles. The fourth-order valence-electron chi connectivity index (χ4n) is 3.00. The summed E-state index contributed by atoms with van der Waals surface area (Å²) in [5.41, 5.74) is 1.47. The van der Waals surface area contributed by atoms with Gasteiger partial charge in [-0.05, 0) is 42.2 Å². The van der Waals surface area contributed by atoms with Crippen molar-refractivity contribution in [3.63, 3.8) is 0 Å². The minimum Gasteiger partial charge on any atom is -0.496 e. The van der Waals surface area contributed by atoms with Crippen molar-refractivity contribution in [1.82, 2.24) is 5.32 Å². The Kier molecular flexibility index (Phi) is 7.34. The molecule has 0 saturated heterocycles. The molecule has 0 saturated carbocycles. The Morgan fingerprint density at radius 3 is 2.41 bits per heavy atom. The normalized spacial score (nSPS) is 12.9. The summed E-state index contributed by atoms with van der Waals surface area (Å²) < 4.78 is 18.4. The van der Waals surface area contributed by atoms with Crippen LogP contribution >= 0.6 is 0 Å². The highest BCUT2D eigenvalue weighted by Gasteiger charge is 2.24. The number of aliphatic carboxylic acids is 1. The van der Waals surface area contributed by atoms with Gasteiger partial charge < -0.3 is 15.2 Å².